The lowest BCUT2D eigenvalue weighted by atomic mass is 10.2. The van der Waals surface area contributed by atoms with E-state index in [0.717, 1.165) is 11.3 Å². The Morgan fingerprint density at radius 2 is 1.89 bits per heavy atom. The molecule has 2 aromatic carbocycles. The minimum absolute atomic E-state index is 0.215. The average molecular weight is 381 g/mol. The molecular formula is C20H17ClN4O2. The smallest absolute Gasteiger partial charge is 0.248 e. The van der Waals surface area contributed by atoms with Crippen LogP contribution in [-0.4, -0.2) is 21.6 Å². The number of amides is 2. The van der Waals surface area contributed by atoms with Crippen LogP contribution >= 0.6 is 11.6 Å². The van der Waals surface area contributed by atoms with Crippen LogP contribution in [0.25, 0.3) is 11.8 Å². The number of anilines is 2. The van der Waals surface area contributed by atoms with E-state index in [1.54, 1.807) is 35.2 Å². The highest BCUT2D eigenvalue weighted by molar-refractivity contribution is 6.34. The molecule has 7 heteroatoms. The summed E-state index contributed by atoms with van der Waals surface area (Å²) in [6.45, 7) is 1.40. The van der Waals surface area contributed by atoms with Gasteiger partial charge in [-0.25, -0.2) is 4.68 Å². The molecule has 136 valence electrons. The van der Waals surface area contributed by atoms with Crippen molar-refractivity contribution in [3.8, 4) is 5.69 Å². The molecule has 0 aliphatic rings. The normalized spacial score (nSPS) is 10.7. The Balaban J connectivity index is 1.63. The molecule has 1 heterocycles. The van der Waals surface area contributed by atoms with Crippen LogP contribution in [0.15, 0.2) is 67.0 Å². The first-order valence-electron chi connectivity index (χ1n) is 8.17. The Bertz CT molecular complexity index is 996. The minimum Gasteiger partial charge on any atom is -0.325 e. The summed E-state index contributed by atoms with van der Waals surface area (Å²) in [4.78, 5) is 23.2. The summed E-state index contributed by atoms with van der Waals surface area (Å²) < 4.78 is 1.73. The van der Waals surface area contributed by atoms with Crippen molar-refractivity contribution in [1.82, 2.24) is 9.78 Å². The number of carbonyl (C=O) groups excluding carboxylic acids is 2. The van der Waals surface area contributed by atoms with Crippen molar-refractivity contribution in [2.75, 3.05) is 10.6 Å². The number of nitrogens with zero attached hydrogens (tertiary/aromatic N) is 2. The zero-order valence-electron chi connectivity index (χ0n) is 14.5. The summed E-state index contributed by atoms with van der Waals surface area (Å²) in [6, 6.07) is 14.6. The number of halogens is 1. The van der Waals surface area contributed by atoms with Crippen molar-refractivity contribution in [1.29, 1.82) is 0 Å². The second-order valence-electron chi connectivity index (χ2n) is 5.75. The van der Waals surface area contributed by atoms with Crippen molar-refractivity contribution >= 4 is 40.9 Å². The first-order chi connectivity index (χ1) is 13.0. The van der Waals surface area contributed by atoms with Crippen molar-refractivity contribution in [3.63, 3.8) is 0 Å². The van der Waals surface area contributed by atoms with E-state index in [1.165, 1.54) is 13.0 Å². The molecule has 0 spiro atoms. The van der Waals surface area contributed by atoms with Gasteiger partial charge in [0.1, 0.15) is 0 Å². The molecule has 0 atom stereocenters. The molecule has 3 rings (SSSR count). The molecule has 27 heavy (non-hydrogen) atoms. The molecule has 6 nitrogen and oxygen atoms in total. The number of carbonyl (C=O) groups is 2. The third kappa shape index (κ3) is 5.05. The van der Waals surface area contributed by atoms with Gasteiger partial charge in [0, 0.05) is 30.4 Å². The van der Waals surface area contributed by atoms with Crippen LogP contribution in [0.4, 0.5) is 11.4 Å². The van der Waals surface area contributed by atoms with Gasteiger partial charge in [0.2, 0.25) is 11.8 Å². The maximum Gasteiger partial charge on any atom is 0.248 e. The zero-order valence-corrected chi connectivity index (χ0v) is 15.3. The Morgan fingerprint density at radius 1 is 1.11 bits per heavy atom. The molecule has 0 fully saturated rings. The number of aromatic nitrogens is 2. The van der Waals surface area contributed by atoms with E-state index in [9.17, 15) is 9.59 Å². The quantitative estimate of drug-likeness (QED) is 0.653. The van der Waals surface area contributed by atoms with Crippen molar-refractivity contribution in [3.05, 3.63) is 77.6 Å². The SMILES string of the molecule is CC(=O)Nc1ccc(NC(=O)/C=C/c2cnn(-c3ccccc3)c2)cc1Cl. The fourth-order valence-corrected chi connectivity index (χ4v) is 2.61. The van der Waals surface area contributed by atoms with E-state index in [2.05, 4.69) is 15.7 Å². The van der Waals surface area contributed by atoms with Crippen LogP contribution in [0.5, 0.6) is 0 Å². The maximum absolute atomic E-state index is 12.1. The summed E-state index contributed by atoms with van der Waals surface area (Å²) in [7, 11) is 0. The van der Waals surface area contributed by atoms with Crippen molar-refractivity contribution in [2.24, 2.45) is 0 Å². The number of para-hydroxylation sites is 1. The third-order valence-electron chi connectivity index (χ3n) is 3.60. The lowest BCUT2D eigenvalue weighted by molar-refractivity contribution is -0.114. The van der Waals surface area contributed by atoms with Crippen LogP contribution in [0.2, 0.25) is 5.02 Å². The molecule has 2 N–H and O–H groups in total. The lowest BCUT2D eigenvalue weighted by Gasteiger charge is -2.07. The highest BCUT2D eigenvalue weighted by atomic mass is 35.5. The fraction of sp³-hybridized carbons (Fsp3) is 0.0500. The summed E-state index contributed by atoms with van der Waals surface area (Å²) in [5.41, 5.74) is 2.76. The van der Waals surface area contributed by atoms with E-state index < -0.39 is 0 Å². The van der Waals surface area contributed by atoms with Crippen LogP contribution in [0, 0.1) is 0 Å². The predicted octanol–water partition coefficient (Wildman–Crippen LogP) is 4.14. The molecule has 2 amide bonds. The highest BCUT2D eigenvalue weighted by Gasteiger charge is 2.05. The Labute approximate surface area is 161 Å². The fourth-order valence-electron chi connectivity index (χ4n) is 2.38. The first kappa shape index (κ1) is 18.4. The molecule has 0 aliphatic carbocycles. The second-order valence-corrected chi connectivity index (χ2v) is 6.16. The van der Waals surface area contributed by atoms with Gasteiger partial charge in [-0.15, -0.1) is 0 Å². The Kier molecular flexibility index (Phi) is 5.68. The summed E-state index contributed by atoms with van der Waals surface area (Å²) in [5.74, 6) is -0.515. The van der Waals surface area contributed by atoms with Gasteiger partial charge in [-0.3, -0.25) is 9.59 Å². The molecule has 0 aliphatic heterocycles. The van der Waals surface area contributed by atoms with Crippen LogP contribution in [0.1, 0.15) is 12.5 Å². The van der Waals surface area contributed by atoms with Crippen molar-refractivity contribution in [2.45, 2.75) is 6.92 Å². The Morgan fingerprint density at radius 3 is 2.59 bits per heavy atom. The van der Waals surface area contributed by atoms with Gasteiger partial charge in [-0.05, 0) is 36.4 Å². The van der Waals surface area contributed by atoms with Crippen LogP contribution < -0.4 is 10.6 Å². The molecule has 0 bridgehead atoms. The number of rotatable bonds is 5. The lowest BCUT2D eigenvalue weighted by Crippen LogP contribution is -2.09. The van der Waals surface area contributed by atoms with Crippen LogP contribution in [-0.2, 0) is 9.59 Å². The zero-order chi connectivity index (χ0) is 19.2. The van der Waals surface area contributed by atoms with E-state index in [-0.39, 0.29) is 11.8 Å². The Hall–Kier alpha value is -3.38. The van der Waals surface area contributed by atoms with Gasteiger partial charge in [0.05, 0.1) is 22.6 Å². The molecule has 0 unspecified atom stereocenters. The van der Waals surface area contributed by atoms with Gasteiger partial charge in [0.15, 0.2) is 0 Å². The van der Waals surface area contributed by atoms with Gasteiger partial charge >= 0.3 is 0 Å². The molecule has 0 radical (unpaired) electrons. The van der Waals surface area contributed by atoms with E-state index in [1.807, 2.05) is 36.5 Å². The minimum atomic E-state index is -0.300. The average Bonchev–Trinajstić information content (AvgIpc) is 3.12. The van der Waals surface area contributed by atoms with E-state index >= 15 is 0 Å². The number of hydrogen-bond acceptors (Lipinski definition) is 3. The highest BCUT2D eigenvalue weighted by Crippen LogP contribution is 2.25. The second kappa shape index (κ2) is 8.33. The van der Waals surface area contributed by atoms with Crippen LogP contribution in [0.3, 0.4) is 0 Å². The van der Waals surface area contributed by atoms with Gasteiger partial charge in [-0.2, -0.15) is 5.10 Å². The van der Waals surface area contributed by atoms with Gasteiger partial charge in [-0.1, -0.05) is 29.8 Å². The summed E-state index contributed by atoms with van der Waals surface area (Å²) in [6.07, 6.45) is 6.60. The number of nitrogens with one attached hydrogen (secondary N) is 2. The van der Waals surface area contributed by atoms with Gasteiger partial charge < -0.3 is 10.6 Å². The molecule has 1 aromatic heterocycles. The molecular weight excluding hydrogens is 364 g/mol. The predicted molar refractivity (Wildman–Crippen MR) is 107 cm³/mol. The molecule has 0 saturated heterocycles. The van der Waals surface area contributed by atoms with Gasteiger partial charge in [0.25, 0.3) is 0 Å². The first-order valence-corrected chi connectivity index (χ1v) is 8.55. The number of benzene rings is 2. The maximum atomic E-state index is 12.1. The topological polar surface area (TPSA) is 76.0 Å². The largest absolute Gasteiger partial charge is 0.325 e. The van der Waals surface area contributed by atoms with Crippen molar-refractivity contribution < 1.29 is 9.59 Å². The number of hydrogen-bond donors (Lipinski definition) is 2. The molecule has 3 aromatic rings. The van der Waals surface area contributed by atoms with E-state index in [0.29, 0.717) is 16.4 Å². The monoisotopic (exact) mass is 380 g/mol. The summed E-state index contributed by atoms with van der Waals surface area (Å²) in [5, 5.41) is 9.95. The standard InChI is InChI=1S/C20H17ClN4O2/c1-14(26)23-19-9-8-16(11-18(19)21)24-20(27)10-7-15-12-22-25(13-15)17-5-3-2-4-6-17/h2-13H,1H3,(H,23,26)(H,24,27)/b10-7+. The van der Waals surface area contributed by atoms with E-state index in [4.69, 9.17) is 11.6 Å². The molecule has 0 saturated carbocycles. The summed E-state index contributed by atoms with van der Waals surface area (Å²) >= 11 is 6.10. The third-order valence-corrected chi connectivity index (χ3v) is 3.91.